The third kappa shape index (κ3) is 3.70. The highest BCUT2D eigenvalue weighted by molar-refractivity contribution is 5.90. The van der Waals surface area contributed by atoms with Gasteiger partial charge in [-0.25, -0.2) is 9.59 Å². The predicted octanol–water partition coefficient (Wildman–Crippen LogP) is 2.36. The van der Waals surface area contributed by atoms with E-state index in [0.29, 0.717) is 39.2 Å². The van der Waals surface area contributed by atoms with Gasteiger partial charge in [0.15, 0.2) is 0 Å². The second-order valence-corrected chi connectivity index (χ2v) is 8.70. The van der Waals surface area contributed by atoms with E-state index in [-0.39, 0.29) is 18.0 Å². The molecule has 0 aromatic heterocycles. The normalized spacial score (nSPS) is 20.0. The number of urea groups is 1. The van der Waals surface area contributed by atoms with Gasteiger partial charge in [-0.05, 0) is 36.5 Å². The molecule has 0 atom stereocenters. The quantitative estimate of drug-likeness (QED) is 0.820. The largest absolute Gasteiger partial charge is 0.447 e. The first-order valence-electron chi connectivity index (χ1n) is 10.7. The molecule has 1 saturated carbocycles. The molecule has 1 N–H and O–H groups in total. The van der Waals surface area contributed by atoms with Crippen molar-refractivity contribution in [2.45, 2.75) is 38.6 Å². The Bertz CT molecular complexity index is 848. The number of cyclic esters (lactones) is 1. The Labute approximate surface area is 177 Å². The fourth-order valence-electron chi connectivity index (χ4n) is 4.98. The minimum atomic E-state index is -0.476. The maximum Gasteiger partial charge on any atom is 0.414 e. The average molecular weight is 415 g/mol. The van der Waals surface area contributed by atoms with Crippen molar-refractivity contribution in [2.75, 3.05) is 45.2 Å². The Morgan fingerprint density at radius 2 is 1.97 bits per heavy atom. The lowest BCUT2D eigenvalue weighted by Gasteiger charge is -2.34. The highest BCUT2D eigenvalue weighted by Gasteiger charge is 2.42. The van der Waals surface area contributed by atoms with E-state index in [9.17, 15) is 14.4 Å². The van der Waals surface area contributed by atoms with Crippen LogP contribution in [0.1, 0.15) is 36.8 Å². The van der Waals surface area contributed by atoms with Crippen molar-refractivity contribution in [3.63, 3.8) is 0 Å². The molecule has 162 valence electrons. The standard InChI is InChI=1S/C22H30N4O4/c1-24(2)19(27)22(9-3-4-10-22)15-23-20(28)25-11-8-17-16(14-25)6-5-7-18(17)26-12-13-30-21(26)29/h5-7H,3-4,8-15H2,1-2H3,(H,23,28). The van der Waals surface area contributed by atoms with Crippen molar-refractivity contribution >= 4 is 23.7 Å². The molecular formula is C22H30N4O4. The summed E-state index contributed by atoms with van der Waals surface area (Å²) in [5, 5.41) is 3.03. The fourth-order valence-corrected chi connectivity index (χ4v) is 4.98. The number of hydrogen-bond donors (Lipinski definition) is 1. The molecule has 3 aliphatic rings. The molecule has 1 aromatic carbocycles. The molecule has 1 aromatic rings. The number of carbonyl (C=O) groups is 3. The molecule has 4 amide bonds. The molecule has 0 spiro atoms. The number of amides is 4. The minimum Gasteiger partial charge on any atom is -0.447 e. The number of rotatable bonds is 4. The van der Waals surface area contributed by atoms with Gasteiger partial charge < -0.3 is 19.9 Å². The highest BCUT2D eigenvalue weighted by atomic mass is 16.6. The van der Waals surface area contributed by atoms with Crippen LogP contribution in [0.15, 0.2) is 18.2 Å². The summed E-state index contributed by atoms with van der Waals surface area (Å²) in [5.41, 5.74) is 2.57. The van der Waals surface area contributed by atoms with Gasteiger partial charge in [0, 0.05) is 33.7 Å². The average Bonchev–Trinajstić information content (AvgIpc) is 3.40. The van der Waals surface area contributed by atoms with Crippen LogP contribution in [0.2, 0.25) is 0 Å². The molecule has 30 heavy (non-hydrogen) atoms. The van der Waals surface area contributed by atoms with Gasteiger partial charge in [-0.2, -0.15) is 0 Å². The molecule has 0 unspecified atom stereocenters. The monoisotopic (exact) mass is 414 g/mol. The lowest BCUT2D eigenvalue weighted by Crippen LogP contribution is -2.50. The summed E-state index contributed by atoms with van der Waals surface area (Å²) in [7, 11) is 3.55. The SMILES string of the molecule is CN(C)C(=O)C1(CNC(=O)N2CCc3c(cccc3N3CCOC3=O)C2)CCCC1. The number of anilines is 1. The Morgan fingerprint density at radius 3 is 2.63 bits per heavy atom. The van der Waals surface area contributed by atoms with Crippen LogP contribution in [0.3, 0.4) is 0 Å². The smallest absolute Gasteiger partial charge is 0.414 e. The Kier molecular flexibility index (Phi) is 5.58. The van der Waals surface area contributed by atoms with Crippen molar-refractivity contribution in [3.05, 3.63) is 29.3 Å². The molecule has 1 aliphatic carbocycles. The van der Waals surface area contributed by atoms with E-state index in [4.69, 9.17) is 4.74 Å². The molecule has 8 heteroatoms. The van der Waals surface area contributed by atoms with Gasteiger partial charge in [-0.3, -0.25) is 9.69 Å². The number of nitrogens with one attached hydrogen (secondary N) is 1. The van der Waals surface area contributed by atoms with Crippen molar-refractivity contribution in [1.29, 1.82) is 0 Å². The van der Waals surface area contributed by atoms with Gasteiger partial charge in [-0.1, -0.05) is 25.0 Å². The predicted molar refractivity (Wildman–Crippen MR) is 112 cm³/mol. The van der Waals surface area contributed by atoms with E-state index in [1.807, 2.05) is 18.2 Å². The van der Waals surface area contributed by atoms with E-state index in [2.05, 4.69) is 5.32 Å². The molecule has 2 fully saturated rings. The van der Waals surface area contributed by atoms with E-state index in [0.717, 1.165) is 42.5 Å². The first-order chi connectivity index (χ1) is 14.4. The first-order valence-corrected chi connectivity index (χ1v) is 10.7. The van der Waals surface area contributed by atoms with E-state index < -0.39 is 5.41 Å². The van der Waals surface area contributed by atoms with Crippen molar-refractivity contribution in [1.82, 2.24) is 15.1 Å². The Hall–Kier alpha value is -2.77. The van der Waals surface area contributed by atoms with Gasteiger partial charge in [0.1, 0.15) is 6.61 Å². The van der Waals surface area contributed by atoms with Crippen LogP contribution in [0.25, 0.3) is 0 Å². The maximum atomic E-state index is 12.9. The molecule has 2 aliphatic heterocycles. The highest BCUT2D eigenvalue weighted by Crippen LogP contribution is 2.39. The van der Waals surface area contributed by atoms with Gasteiger partial charge in [-0.15, -0.1) is 0 Å². The number of hydrogen-bond acceptors (Lipinski definition) is 4. The van der Waals surface area contributed by atoms with Gasteiger partial charge in [0.2, 0.25) is 5.91 Å². The van der Waals surface area contributed by atoms with Crippen LogP contribution >= 0.6 is 0 Å². The van der Waals surface area contributed by atoms with Crippen LogP contribution < -0.4 is 10.2 Å². The lowest BCUT2D eigenvalue weighted by molar-refractivity contribution is -0.138. The summed E-state index contributed by atoms with van der Waals surface area (Å²) in [5.74, 6) is 0.103. The number of carbonyl (C=O) groups excluding carboxylic acids is 3. The van der Waals surface area contributed by atoms with Crippen LogP contribution in [0.5, 0.6) is 0 Å². The Balaban J connectivity index is 1.43. The number of fused-ring (bicyclic) bond motifs is 1. The number of nitrogens with zero attached hydrogens (tertiary/aromatic N) is 3. The van der Waals surface area contributed by atoms with Crippen LogP contribution in [0.4, 0.5) is 15.3 Å². The zero-order chi connectivity index (χ0) is 21.3. The van der Waals surface area contributed by atoms with E-state index >= 15 is 0 Å². The maximum absolute atomic E-state index is 12.9. The minimum absolute atomic E-state index is 0.103. The van der Waals surface area contributed by atoms with Gasteiger partial charge in [0.25, 0.3) is 0 Å². The van der Waals surface area contributed by atoms with E-state index in [1.54, 1.807) is 28.8 Å². The van der Waals surface area contributed by atoms with Gasteiger partial charge >= 0.3 is 12.1 Å². The van der Waals surface area contributed by atoms with E-state index in [1.165, 1.54) is 0 Å². The molecule has 8 nitrogen and oxygen atoms in total. The van der Waals surface area contributed by atoms with Crippen LogP contribution in [-0.4, -0.2) is 68.2 Å². The summed E-state index contributed by atoms with van der Waals surface area (Å²) in [6, 6.07) is 5.74. The van der Waals surface area contributed by atoms with Gasteiger partial charge in [0.05, 0.1) is 17.6 Å². The molecule has 0 radical (unpaired) electrons. The third-order valence-corrected chi connectivity index (χ3v) is 6.58. The van der Waals surface area contributed by atoms with Crippen molar-refractivity contribution in [3.8, 4) is 0 Å². The second-order valence-electron chi connectivity index (χ2n) is 8.70. The summed E-state index contributed by atoms with van der Waals surface area (Å²) < 4.78 is 5.08. The lowest BCUT2D eigenvalue weighted by atomic mass is 9.84. The summed E-state index contributed by atoms with van der Waals surface area (Å²) in [6.07, 6.45) is 4.06. The Morgan fingerprint density at radius 1 is 1.20 bits per heavy atom. The third-order valence-electron chi connectivity index (χ3n) is 6.58. The molecular weight excluding hydrogens is 384 g/mol. The number of benzene rings is 1. The summed E-state index contributed by atoms with van der Waals surface area (Å²) >= 11 is 0. The van der Waals surface area contributed by atoms with Crippen molar-refractivity contribution in [2.24, 2.45) is 5.41 Å². The molecule has 1 saturated heterocycles. The zero-order valence-electron chi connectivity index (χ0n) is 17.8. The number of ether oxygens (including phenoxy) is 1. The van der Waals surface area contributed by atoms with Crippen molar-refractivity contribution < 1.29 is 19.1 Å². The summed E-state index contributed by atoms with van der Waals surface area (Å²) in [6.45, 7) is 2.41. The second kappa shape index (κ2) is 8.16. The molecule has 4 rings (SSSR count). The zero-order valence-corrected chi connectivity index (χ0v) is 17.8. The van der Waals surface area contributed by atoms with Crippen LogP contribution in [-0.2, 0) is 22.5 Å². The first kappa shape index (κ1) is 20.5. The topological polar surface area (TPSA) is 82.2 Å². The summed E-state index contributed by atoms with van der Waals surface area (Å²) in [4.78, 5) is 42.7. The molecule has 2 heterocycles. The van der Waals surface area contributed by atoms with Crippen LogP contribution in [0, 0.1) is 5.41 Å². The fraction of sp³-hybridized carbons (Fsp3) is 0.591. The molecule has 0 bridgehead atoms.